The zero-order chi connectivity index (χ0) is 19.5. The molecule has 1 saturated heterocycles. The molecule has 1 aromatic carbocycles. The van der Waals surface area contributed by atoms with Crippen molar-refractivity contribution >= 4 is 16.6 Å². The predicted octanol–water partition coefficient (Wildman–Crippen LogP) is 4.27. The maximum atomic E-state index is 5.52. The zero-order valence-electron chi connectivity index (χ0n) is 16.9. The van der Waals surface area contributed by atoms with Crippen LogP contribution < -0.4 is 10.1 Å². The second-order valence-corrected chi connectivity index (χ2v) is 7.74. The molecule has 2 aromatic heterocycles. The Labute approximate surface area is 166 Å². The van der Waals surface area contributed by atoms with Crippen molar-refractivity contribution in [1.82, 2.24) is 14.9 Å². The van der Waals surface area contributed by atoms with Crippen molar-refractivity contribution < 1.29 is 4.74 Å². The van der Waals surface area contributed by atoms with E-state index in [0.29, 0.717) is 12.0 Å². The van der Waals surface area contributed by atoms with E-state index in [0.717, 1.165) is 59.8 Å². The molecule has 1 aliphatic heterocycles. The summed E-state index contributed by atoms with van der Waals surface area (Å²) in [5.41, 5.74) is 4.22. The number of piperidine rings is 1. The van der Waals surface area contributed by atoms with Gasteiger partial charge in [-0.05, 0) is 43.5 Å². The van der Waals surface area contributed by atoms with E-state index in [9.17, 15) is 0 Å². The third-order valence-corrected chi connectivity index (χ3v) is 5.59. The number of pyridine rings is 2. The highest BCUT2D eigenvalue weighted by Gasteiger charge is 2.26. The largest absolute Gasteiger partial charge is 0.494 e. The Hall–Kier alpha value is -2.66. The molecule has 1 N–H and O–H groups in total. The summed E-state index contributed by atoms with van der Waals surface area (Å²) < 4.78 is 5.52. The summed E-state index contributed by atoms with van der Waals surface area (Å²) >= 11 is 0. The van der Waals surface area contributed by atoms with Crippen molar-refractivity contribution in [2.45, 2.75) is 32.9 Å². The summed E-state index contributed by atoms with van der Waals surface area (Å²) in [5, 5.41) is 4.93. The molecule has 1 aliphatic rings. The number of rotatable bonds is 5. The first-order valence-electron chi connectivity index (χ1n) is 9.97. The number of para-hydroxylation sites is 1. The third-order valence-electron chi connectivity index (χ3n) is 5.59. The fraction of sp³-hybridized carbons (Fsp3) is 0.391. The molecule has 5 nitrogen and oxygen atoms in total. The van der Waals surface area contributed by atoms with Gasteiger partial charge in [0.25, 0.3) is 0 Å². The molecule has 5 heteroatoms. The number of methoxy groups -OCH3 is 1. The molecule has 28 heavy (non-hydrogen) atoms. The zero-order valence-corrected chi connectivity index (χ0v) is 16.9. The minimum absolute atomic E-state index is 0.441. The van der Waals surface area contributed by atoms with Crippen LogP contribution in [0.5, 0.6) is 5.75 Å². The van der Waals surface area contributed by atoms with Gasteiger partial charge in [0.15, 0.2) is 0 Å². The molecule has 2 unspecified atom stereocenters. The van der Waals surface area contributed by atoms with Gasteiger partial charge in [-0.1, -0.05) is 25.1 Å². The molecule has 2 atom stereocenters. The van der Waals surface area contributed by atoms with Crippen LogP contribution in [0.4, 0.5) is 5.69 Å². The standard InChI is InChI=1S/C23H28N4O/c1-16-14-27(15-18-7-4-5-11-24-18)12-10-20(16)26-21-13-17(2)25-23-19(21)8-6-9-22(23)28-3/h4-9,11,13,16,20H,10,12,14-15H2,1-3H3,(H,25,26). The average molecular weight is 377 g/mol. The van der Waals surface area contributed by atoms with Crippen LogP contribution in [0.15, 0.2) is 48.7 Å². The summed E-state index contributed by atoms with van der Waals surface area (Å²) in [6.07, 6.45) is 2.99. The molecule has 0 aliphatic carbocycles. The Morgan fingerprint density at radius 1 is 1.21 bits per heavy atom. The van der Waals surface area contributed by atoms with Gasteiger partial charge < -0.3 is 10.1 Å². The van der Waals surface area contributed by atoms with Crippen LogP contribution >= 0.6 is 0 Å². The highest BCUT2D eigenvalue weighted by molar-refractivity contribution is 5.95. The van der Waals surface area contributed by atoms with Crippen LogP contribution in [0.2, 0.25) is 0 Å². The number of benzene rings is 1. The highest BCUT2D eigenvalue weighted by Crippen LogP contribution is 2.32. The number of hydrogen-bond acceptors (Lipinski definition) is 5. The van der Waals surface area contributed by atoms with Gasteiger partial charge in [-0.3, -0.25) is 9.88 Å². The van der Waals surface area contributed by atoms with E-state index in [1.165, 1.54) is 0 Å². The van der Waals surface area contributed by atoms with E-state index >= 15 is 0 Å². The molecule has 0 radical (unpaired) electrons. The second kappa shape index (κ2) is 8.15. The number of nitrogens with one attached hydrogen (secondary N) is 1. The van der Waals surface area contributed by atoms with Gasteiger partial charge in [0, 0.05) is 48.6 Å². The normalized spacial score (nSPS) is 20.2. The molecule has 0 spiro atoms. The molecule has 4 rings (SSSR count). The summed E-state index contributed by atoms with van der Waals surface area (Å²) in [4.78, 5) is 11.7. The lowest BCUT2D eigenvalue weighted by atomic mass is 9.93. The van der Waals surface area contributed by atoms with Gasteiger partial charge in [0.1, 0.15) is 11.3 Å². The van der Waals surface area contributed by atoms with Crippen molar-refractivity contribution in [3.8, 4) is 5.75 Å². The summed E-state index contributed by atoms with van der Waals surface area (Å²) in [6.45, 7) is 7.44. The molecule has 3 heterocycles. The number of fused-ring (bicyclic) bond motifs is 1. The first-order valence-corrected chi connectivity index (χ1v) is 9.97. The van der Waals surface area contributed by atoms with Crippen LogP contribution in [0.3, 0.4) is 0 Å². The Kier molecular flexibility index (Phi) is 5.44. The Morgan fingerprint density at radius 3 is 2.86 bits per heavy atom. The quantitative estimate of drug-likeness (QED) is 0.721. The average Bonchev–Trinajstić information content (AvgIpc) is 2.70. The van der Waals surface area contributed by atoms with Gasteiger partial charge in [-0.2, -0.15) is 0 Å². The number of aryl methyl sites for hydroxylation is 1. The number of aromatic nitrogens is 2. The SMILES string of the molecule is COc1cccc2c(NC3CCN(Cc4ccccn4)CC3C)cc(C)nc12. The predicted molar refractivity (Wildman–Crippen MR) is 114 cm³/mol. The van der Waals surface area contributed by atoms with Crippen LogP contribution in [-0.2, 0) is 6.54 Å². The summed E-state index contributed by atoms with van der Waals surface area (Å²) in [6, 6.07) is 14.8. The molecular formula is C23H28N4O. The molecular weight excluding hydrogens is 348 g/mol. The summed E-state index contributed by atoms with van der Waals surface area (Å²) in [5.74, 6) is 1.37. The van der Waals surface area contributed by atoms with Crippen LogP contribution in [-0.4, -0.2) is 41.1 Å². The van der Waals surface area contributed by atoms with E-state index in [2.05, 4.69) is 46.4 Å². The molecule has 146 valence electrons. The molecule has 3 aromatic rings. The van der Waals surface area contributed by atoms with Crippen LogP contribution in [0.1, 0.15) is 24.7 Å². The maximum Gasteiger partial charge on any atom is 0.145 e. The molecule has 1 fully saturated rings. The summed E-state index contributed by atoms with van der Waals surface area (Å²) in [7, 11) is 1.70. The lowest BCUT2D eigenvalue weighted by Gasteiger charge is -2.37. The minimum atomic E-state index is 0.441. The molecule has 0 bridgehead atoms. The van der Waals surface area contributed by atoms with E-state index in [4.69, 9.17) is 9.72 Å². The topological polar surface area (TPSA) is 50.3 Å². The van der Waals surface area contributed by atoms with Crippen LogP contribution in [0.25, 0.3) is 10.9 Å². The van der Waals surface area contributed by atoms with E-state index < -0.39 is 0 Å². The lowest BCUT2D eigenvalue weighted by Crippen LogP contribution is -2.44. The second-order valence-electron chi connectivity index (χ2n) is 7.74. The van der Waals surface area contributed by atoms with Gasteiger partial charge in [0.2, 0.25) is 0 Å². The fourth-order valence-electron chi connectivity index (χ4n) is 4.14. The van der Waals surface area contributed by atoms with E-state index in [1.807, 2.05) is 31.3 Å². The van der Waals surface area contributed by atoms with Crippen molar-refractivity contribution in [3.63, 3.8) is 0 Å². The Bertz CT molecular complexity index is 944. The van der Waals surface area contributed by atoms with Gasteiger partial charge in [0.05, 0.1) is 12.8 Å². The number of anilines is 1. The van der Waals surface area contributed by atoms with E-state index in [1.54, 1.807) is 7.11 Å². The molecule has 0 amide bonds. The van der Waals surface area contributed by atoms with Crippen molar-refractivity contribution in [2.24, 2.45) is 5.92 Å². The highest BCUT2D eigenvalue weighted by atomic mass is 16.5. The molecule has 0 saturated carbocycles. The monoisotopic (exact) mass is 376 g/mol. The maximum absolute atomic E-state index is 5.52. The first-order chi connectivity index (χ1) is 13.6. The van der Waals surface area contributed by atoms with Gasteiger partial charge in [-0.25, -0.2) is 4.98 Å². The first kappa shape index (κ1) is 18.7. The number of nitrogens with zero attached hydrogens (tertiary/aromatic N) is 3. The van der Waals surface area contributed by atoms with Crippen molar-refractivity contribution in [2.75, 3.05) is 25.5 Å². The van der Waals surface area contributed by atoms with Gasteiger partial charge >= 0.3 is 0 Å². The lowest BCUT2D eigenvalue weighted by molar-refractivity contribution is 0.163. The number of ether oxygens (including phenoxy) is 1. The Morgan fingerprint density at radius 2 is 2.11 bits per heavy atom. The number of hydrogen-bond donors (Lipinski definition) is 1. The fourth-order valence-corrected chi connectivity index (χ4v) is 4.14. The smallest absolute Gasteiger partial charge is 0.145 e. The Balaban J connectivity index is 1.49. The van der Waals surface area contributed by atoms with Gasteiger partial charge in [-0.15, -0.1) is 0 Å². The van der Waals surface area contributed by atoms with Crippen molar-refractivity contribution in [1.29, 1.82) is 0 Å². The number of likely N-dealkylation sites (tertiary alicyclic amines) is 1. The van der Waals surface area contributed by atoms with Crippen molar-refractivity contribution in [3.05, 3.63) is 60.0 Å². The van der Waals surface area contributed by atoms with Crippen LogP contribution in [0, 0.1) is 12.8 Å². The minimum Gasteiger partial charge on any atom is -0.494 e. The third kappa shape index (κ3) is 3.94. The van der Waals surface area contributed by atoms with E-state index in [-0.39, 0.29) is 0 Å².